The van der Waals surface area contributed by atoms with Gasteiger partial charge in [0.2, 0.25) is 29.5 Å². The maximum Gasteiger partial charge on any atom is 0.416 e. The van der Waals surface area contributed by atoms with Crippen LogP contribution in [0.15, 0.2) is 49.1 Å². The Hall–Kier alpha value is -5.47. The number of carbonyl (C=O) groups is 5. The number of ether oxygens (including phenoxy) is 2. The van der Waals surface area contributed by atoms with E-state index in [0.29, 0.717) is 102 Å². The van der Waals surface area contributed by atoms with Gasteiger partial charge in [-0.2, -0.15) is 13.2 Å². The van der Waals surface area contributed by atoms with Crippen LogP contribution in [0.2, 0.25) is 0 Å². The summed E-state index contributed by atoms with van der Waals surface area (Å²) in [6.45, 7) is 8.58. The Labute approximate surface area is 438 Å². The van der Waals surface area contributed by atoms with Gasteiger partial charge in [-0.05, 0) is 141 Å². The van der Waals surface area contributed by atoms with Crippen molar-refractivity contribution in [1.29, 1.82) is 0 Å². The molecule has 3 saturated carbocycles. The Morgan fingerprint density at radius 1 is 0.893 bits per heavy atom. The van der Waals surface area contributed by atoms with Crippen molar-refractivity contribution in [2.24, 2.45) is 11.8 Å². The number of carbonyl (C=O) groups excluding carboxylic acids is 5. The van der Waals surface area contributed by atoms with Crippen molar-refractivity contribution in [3.05, 3.63) is 60.2 Å². The molecule has 410 valence electrons. The van der Waals surface area contributed by atoms with Crippen molar-refractivity contribution < 1.29 is 46.6 Å². The molecule has 4 N–H and O–H groups in total. The number of nitrogens with zero attached hydrogens (tertiary/aromatic N) is 6. The maximum absolute atomic E-state index is 14.1. The third kappa shape index (κ3) is 14.1. The molecule has 0 bridgehead atoms. The molecule has 2 aliphatic heterocycles. The molecule has 4 heterocycles. The lowest BCUT2D eigenvalue weighted by atomic mass is 9.82. The molecule has 17 nitrogen and oxygen atoms in total. The zero-order valence-electron chi connectivity index (χ0n) is 44.0. The molecule has 1 aromatic carbocycles. The number of halogens is 3. The van der Waals surface area contributed by atoms with Crippen LogP contribution in [0.5, 0.6) is 0 Å². The third-order valence-corrected chi connectivity index (χ3v) is 16.4. The number of rotatable bonds is 21. The number of likely N-dealkylation sites (tertiary alicyclic amines) is 2. The van der Waals surface area contributed by atoms with Crippen LogP contribution < -0.4 is 21.3 Å². The van der Waals surface area contributed by atoms with Crippen molar-refractivity contribution in [3.63, 3.8) is 0 Å². The van der Waals surface area contributed by atoms with Gasteiger partial charge in [0.05, 0.1) is 53.9 Å². The van der Waals surface area contributed by atoms with Gasteiger partial charge in [0.1, 0.15) is 18.2 Å². The lowest BCUT2D eigenvalue weighted by molar-refractivity contribution is -0.137. The number of aromatic nitrogens is 3. The number of amides is 5. The number of fused-ring (bicyclic) bond motifs is 1. The van der Waals surface area contributed by atoms with Crippen LogP contribution in [0.1, 0.15) is 141 Å². The summed E-state index contributed by atoms with van der Waals surface area (Å²) in [6, 6.07) is 5.99. The van der Waals surface area contributed by atoms with Gasteiger partial charge in [0.15, 0.2) is 0 Å². The number of alkyl halides is 3. The van der Waals surface area contributed by atoms with E-state index in [9.17, 15) is 37.1 Å². The number of nitrogens with one attached hydrogen (secondary N) is 4. The van der Waals surface area contributed by atoms with E-state index >= 15 is 0 Å². The summed E-state index contributed by atoms with van der Waals surface area (Å²) >= 11 is 0. The second kappa shape index (κ2) is 25.6. The minimum Gasteiger partial charge on any atom is -0.378 e. The van der Waals surface area contributed by atoms with E-state index in [1.807, 2.05) is 24.0 Å². The van der Waals surface area contributed by atoms with Gasteiger partial charge >= 0.3 is 6.18 Å². The highest BCUT2D eigenvalue weighted by Gasteiger charge is 2.46. The quantitative estimate of drug-likeness (QED) is 0.0823. The standard InChI is InChI=1S/C55H77F3N10O7/c1-5-25-68-49(70)31-43(50(68)36-8-6-23-59-32-36)53(72)60-24-28-75-41-18-16-40(17-19-41)74-27-7-9-48(69)63-38-13-10-35(11-14-38)52(71)65-46-30-39(66(4)34(2)3)15-21-47(46)67-26-22-45(54(67)73)64-51-42-29-37(55(56,57)58)12-20-44(42)61-33-62-51/h6,8,12,20,23,29,32-35,38-41,43,45-47,50H,5,7,9-11,13-19,21-22,24-28,30-31H2,1-4H3,(H,60,72)(H,63,69)(H,65,71)(H,61,62,64)/t35-,38-,39-,40-,41-,43+,45+,46-,47+,50-/m1/s1. The van der Waals surface area contributed by atoms with E-state index in [-0.39, 0.29) is 95.5 Å². The monoisotopic (exact) mass is 1050 g/mol. The van der Waals surface area contributed by atoms with Crippen LogP contribution in [-0.2, 0) is 39.6 Å². The van der Waals surface area contributed by atoms with Crippen LogP contribution in [0.4, 0.5) is 19.0 Å². The van der Waals surface area contributed by atoms with E-state index < -0.39 is 23.7 Å². The summed E-state index contributed by atoms with van der Waals surface area (Å²) in [5, 5.41) is 12.9. The molecule has 0 radical (unpaired) electrons. The molecule has 5 amide bonds. The lowest BCUT2D eigenvalue weighted by Crippen LogP contribution is -2.59. The zero-order chi connectivity index (χ0) is 53.2. The normalized spacial score (nSPS) is 27.5. The highest BCUT2D eigenvalue weighted by atomic mass is 19.4. The third-order valence-electron chi connectivity index (χ3n) is 16.4. The first-order valence-electron chi connectivity index (χ1n) is 27.5. The first-order chi connectivity index (χ1) is 36.1. The zero-order valence-corrected chi connectivity index (χ0v) is 44.0. The summed E-state index contributed by atoms with van der Waals surface area (Å²) in [7, 11) is 2.09. The van der Waals surface area contributed by atoms with Crippen molar-refractivity contribution in [2.75, 3.05) is 45.2 Å². The Kier molecular flexibility index (Phi) is 19.0. The van der Waals surface area contributed by atoms with Gasteiger partial charge in [-0.15, -0.1) is 0 Å². The molecule has 75 heavy (non-hydrogen) atoms. The van der Waals surface area contributed by atoms with Crippen molar-refractivity contribution >= 4 is 46.3 Å². The van der Waals surface area contributed by atoms with Gasteiger partial charge in [0.25, 0.3) is 0 Å². The summed E-state index contributed by atoms with van der Waals surface area (Å²) in [5.74, 6) is -0.903. The fourth-order valence-corrected chi connectivity index (χ4v) is 12.1. The van der Waals surface area contributed by atoms with Crippen LogP contribution in [0, 0.1) is 11.8 Å². The van der Waals surface area contributed by atoms with Crippen molar-refractivity contribution in [2.45, 2.75) is 184 Å². The van der Waals surface area contributed by atoms with Crippen LogP contribution in [0.3, 0.4) is 0 Å². The van der Waals surface area contributed by atoms with Crippen molar-refractivity contribution in [3.8, 4) is 0 Å². The summed E-state index contributed by atoms with van der Waals surface area (Å²) in [4.78, 5) is 85.9. The number of hydrogen-bond donors (Lipinski definition) is 4. The Morgan fingerprint density at radius 3 is 2.33 bits per heavy atom. The molecular formula is C55H77F3N10O7. The average Bonchev–Trinajstić information content (AvgIpc) is 3.94. The highest BCUT2D eigenvalue weighted by molar-refractivity contribution is 5.93. The SMILES string of the molecule is CCCN1C(=O)C[C@H](C(=O)NCCO[C@H]2CC[C@H](OCCCC(=O)N[C@H]3CC[C@H](C(=O)N[C@@H]4C[C@H](N(C)C(C)C)CC[C@@H]4N4CC[C@H](Nc5ncnc6ccc(C(F)(F)F)cc56)C4=O)CC3)CC2)[C@H]1c1cccnc1. The molecule has 8 rings (SSSR count). The topological polar surface area (TPSA) is 200 Å². The first kappa shape index (κ1) is 55.8. The maximum atomic E-state index is 14.1. The second-order valence-corrected chi connectivity index (χ2v) is 21.7. The molecule has 0 spiro atoms. The van der Waals surface area contributed by atoms with E-state index in [2.05, 4.69) is 62.0 Å². The smallest absolute Gasteiger partial charge is 0.378 e. The average molecular weight is 1050 g/mol. The second-order valence-electron chi connectivity index (χ2n) is 21.7. The minimum absolute atomic E-state index is 0.0110. The predicted molar refractivity (Wildman–Crippen MR) is 276 cm³/mol. The van der Waals surface area contributed by atoms with Gasteiger partial charge in [-0.3, -0.25) is 29.0 Å². The molecule has 20 heteroatoms. The Balaban J connectivity index is 0.722. The minimum atomic E-state index is -4.55. The Morgan fingerprint density at radius 2 is 1.64 bits per heavy atom. The molecule has 2 saturated heterocycles. The van der Waals surface area contributed by atoms with Crippen LogP contribution in [0.25, 0.3) is 10.9 Å². The first-order valence-corrected chi connectivity index (χ1v) is 27.5. The van der Waals surface area contributed by atoms with E-state index in [1.165, 1.54) is 12.4 Å². The van der Waals surface area contributed by atoms with Gasteiger partial charge < -0.3 is 45.4 Å². The fourth-order valence-electron chi connectivity index (χ4n) is 12.1. The van der Waals surface area contributed by atoms with Gasteiger partial charge in [-0.25, -0.2) is 9.97 Å². The summed E-state index contributed by atoms with van der Waals surface area (Å²) in [5.41, 5.74) is 0.384. The number of anilines is 1. The van der Waals surface area contributed by atoms with E-state index in [4.69, 9.17) is 9.47 Å². The van der Waals surface area contributed by atoms with Crippen LogP contribution in [-0.4, -0.2) is 148 Å². The molecule has 6 atom stereocenters. The molecule has 3 aromatic rings. The number of pyridine rings is 1. The molecule has 5 fully saturated rings. The largest absolute Gasteiger partial charge is 0.416 e. The molecule has 3 aliphatic carbocycles. The fraction of sp³-hybridized carbons (Fsp3) is 0.673. The molecule has 5 aliphatic rings. The van der Waals surface area contributed by atoms with Gasteiger partial charge in [-0.1, -0.05) is 13.0 Å². The van der Waals surface area contributed by atoms with Crippen molar-refractivity contribution in [1.82, 2.24) is 45.6 Å². The van der Waals surface area contributed by atoms with Gasteiger partial charge in [0, 0.05) is 80.9 Å². The molecule has 0 unspecified atom stereocenters. The highest BCUT2D eigenvalue weighted by Crippen LogP contribution is 2.39. The predicted octanol–water partition coefficient (Wildman–Crippen LogP) is 6.72. The van der Waals surface area contributed by atoms with E-state index in [1.54, 1.807) is 17.3 Å². The molecule has 2 aromatic heterocycles. The molecular weight excluding hydrogens is 970 g/mol. The summed E-state index contributed by atoms with van der Waals surface area (Å²) in [6.07, 6.45) is 11.0. The summed E-state index contributed by atoms with van der Waals surface area (Å²) < 4.78 is 53.2. The lowest BCUT2D eigenvalue weighted by Gasteiger charge is -2.45. The van der Waals surface area contributed by atoms with Crippen LogP contribution >= 0.6 is 0 Å². The number of benzene rings is 1. The Bertz CT molecular complexity index is 2420. The number of hydrogen-bond acceptors (Lipinski definition) is 12. The van der Waals surface area contributed by atoms with E-state index in [0.717, 1.165) is 56.2 Å².